The van der Waals surface area contributed by atoms with Gasteiger partial charge in [0.05, 0.1) is 36.2 Å². The third-order valence-electron chi connectivity index (χ3n) is 5.79. The molecule has 4 rings (SSSR count). The summed E-state index contributed by atoms with van der Waals surface area (Å²) in [5.74, 6) is 1.41. The highest BCUT2D eigenvalue weighted by Gasteiger charge is 2.26. The van der Waals surface area contributed by atoms with Crippen LogP contribution in [0.4, 0.5) is 5.82 Å². The molecule has 3 heterocycles. The molecule has 200 valence electrons. The topological polar surface area (TPSA) is 131 Å². The zero-order chi connectivity index (χ0) is 26.3. The van der Waals surface area contributed by atoms with Gasteiger partial charge in [0, 0.05) is 37.5 Å². The summed E-state index contributed by atoms with van der Waals surface area (Å²) in [6.07, 6.45) is 3.75. The predicted molar refractivity (Wildman–Crippen MR) is 143 cm³/mol. The molecule has 0 bridgehead atoms. The molecular weight excluding hydrogens is 514 g/mol. The van der Waals surface area contributed by atoms with E-state index < -0.39 is 10.0 Å². The smallest absolute Gasteiger partial charge is 0.251 e. The summed E-state index contributed by atoms with van der Waals surface area (Å²) < 4.78 is 34.0. The maximum Gasteiger partial charge on any atom is 0.251 e. The van der Waals surface area contributed by atoms with E-state index in [1.165, 1.54) is 28.6 Å². The van der Waals surface area contributed by atoms with E-state index in [1.807, 2.05) is 0 Å². The van der Waals surface area contributed by atoms with E-state index in [0.717, 1.165) is 42.0 Å². The number of fused-ring (bicyclic) bond motifs is 1. The van der Waals surface area contributed by atoms with Gasteiger partial charge in [-0.2, -0.15) is 9.40 Å². The minimum absolute atomic E-state index is 0.165. The summed E-state index contributed by atoms with van der Waals surface area (Å²) in [5.41, 5.74) is 1.11. The number of hydrogen-bond donors (Lipinski definition) is 2. The number of nitrogens with one attached hydrogen (secondary N) is 2. The number of carbonyl (C=O) groups is 1. The van der Waals surface area contributed by atoms with Crippen molar-refractivity contribution >= 4 is 44.5 Å². The monoisotopic (exact) mass is 547 g/mol. The van der Waals surface area contributed by atoms with E-state index in [4.69, 9.17) is 9.72 Å². The van der Waals surface area contributed by atoms with Gasteiger partial charge in [-0.1, -0.05) is 25.6 Å². The van der Waals surface area contributed by atoms with Gasteiger partial charge in [-0.3, -0.25) is 4.79 Å². The lowest BCUT2D eigenvalue weighted by Crippen LogP contribution is -2.40. The second-order valence-corrected chi connectivity index (χ2v) is 11.5. The Balaban J connectivity index is 1.40. The molecule has 0 aliphatic carbocycles. The van der Waals surface area contributed by atoms with E-state index in [-0.39, 0.29) is 10.8 Å². The largest absolute Gasteiger partial charge is 0.379 e. The number of nitrogens with zero attached hydrogens (tertiary/aromatic N) is 5. The van der Waals surface area contributed by atoms with Gasteiger partial charge in [0.25, 0.3) is 5.91 Å². The minimum atomic E-state index is -3.60. The normalized spacial score (nSPS) is 14.6. The number of benzene rings is 1. The Morgan fingerprint density at radius 3 is 2.54 bits per heavy atom. The molecule has 0 atom stereocenters. The van der Waals surface area contributed by atoms with E-state index in [2.05, 4.69) is 34.6 Å². The summed E-state index contributed by atoms with van der Waals surface area (Å²) in [4.78, 5) is 22.2. The third kappa shape index (κ3) is 6.58. The maximum atomic E-state index is 12.8. The molecule has 1 amide bonds. The predicted octanol–water partition coefficient (Wildman–Crippen LogP) is 2.60. The van der Waals surface area contributed by atoms with Crippen molar-refractivity contribution in [1.82, 2.24) is 29.4 Å². The van der Waals surface area contributed by atoms with Gasteiger partial charge in [0.15, 0.2) is 10.8 Å². The number of aromatic nitrogens is 4. The van der Waals surface area contributed by atoms with Gasteiger partial charge in [0.2, 0.25) is 10.0 Å². The minimum Gasteiger partial charge on any atom is -0.379 e. The van der Waals surface area contributed by atoms with Crippen molar-refractivity contribution in [2.75, 3.05) is 50.5 Å². The SMILES string of the molecule is CCCNc1nc(SCCC)nc2c1cnn2CCNC(=O)c1ccc(S(=O)(=O)N2CCOCC2)cc1. The molecule has 0 saturated carbocycles. The lowest BCUT2D eigenvalue weighted by atomic mass is 10.2. The first-order chi connectivity index (χ1) is 17.9. The van der Waals surface area contributed by atoms with Crippen LogP contribution in [0.3, 0.4) is 0 Å². The molecule has 2 N–H and O–H groups in total. The van der Waals surface area contributed by atoms with Gasteiger partial charge in [0.1, 0.15) is 5.82 Å². The molecule has 1 aliphatic heterocycles. The van der Waals surface area contributed by atoms with Crippen molar-refractivity contribution in [3.63, 3.8) is 0 Å². The maximum absolute atomic E-state index is 12.8. The van der Waals surface area contributed by atoms with Crippen LogP contribution in [0.5, 0.6) is 0 Å². The van der Waals surface area contributed by atoms with Crippen molar-refractivity contribution in [2.24, 2.45) is 0 Å². The van der Waals surface area contributed by atoms with E-state index in [1.54, 1.807) is 22.6 Å². The van der Waals surface area contributed by atoms with Gasteiger partial charge in [-0.15, -0.1) is 0 Å². The average molecular weight is 548 g/mol. The van der Waals surface area contributed by atoms with E-state index in [0.29, 0.717) is 50.1 Å². The molecule has 11 nitrogen and oxygen atoms in total. The Hall–Kier alpha value is -2.74. The fourth-order valence-electron chi connectivity index (χ4n) is 3.83. The zero-order valence-corrected chi connectivity index (χ0v) is 22.8. The van der Waals surface area contributed by atoms with Crippen LogP contribution < -0.4 is 10.6 Å². The molecule has 1 fully saturated rings. The highest BCUT2D eigenvalue weighted by molar-refractivity contribution is 7.99. The first kappa shape index (κ1) is 27.3. The molecule has 13 heteroatoms. The molecule has 1 aliphatic rings. The number of anilines is 1. The quantitative estimate of drug-likeness (QED) is 0.259. The van der Waals surface area contributed by atoms with Crippen molar-refractivity contribution in [1.29, 1.82) is 0 Å². The van der Waals surface area contributed by atoms with Crippen molar-refractivity contribution in [2.45, 2.75) is 43.3 Å². The molecule has 0 spiro atoms. The molecule has 1 aromatic carbocycles. The number of rotatable bonds is 12. The molecule has 37 heavy (non-hydrogen) atoms. The van der Waals surface area contributed by atoms with E-state index >= 15 is 0 Å². The number of morpholine rings is 1. The average Bonchev–Trinajstić information content (AvgIpc) is 3.34. The van der Waals surface area contributed by atoms with Gasteiger partial charge < -0.3 is 15.4 Å². The molecule has 1 saturated heterocycles. The molecular formula is C24H33N7O4S2. The first-order valence-electron chi connectivity index (χ1n) is 12.5. The van der Waals surface area contributed by atoms with Gasteiger partial charge in [-0.05, 0) is 37.1 Å². The number of ether oxygens (including phenoxy) is 1. The fourth-order valence-corrected chi connectivity index (χ4v) is 5.93. The number of thioether (sulfide) groups is 1. The van der Waals surface area contributed by atoms with Gasteiger partial charge >= 0.3 is 0 Å². The number of carbonyl (C=O) groups excluding carboxylic acids is 1. The molecule has 2 aromatic heterocycles. The summed E-state index contributed by atoms with van der Waals surface area (Å²) in [5, 5.41) is 12.3. The Kier molecular flexibility index (Phi) is 9.35. The Bertz CT molecular complexity index is 1310. The summed E-state index contributed by atoms with van der Waals surface area (Å²) in [6, 6.07) is 6.00. The summed E-state index contributed by atoms with van der Waals surface area (Å²) in [6.45, 7) is 7.20. The summed E-state index contributed by atoms with van der Waals surface area (Å²) in [7, 11) is -3.60. The lowest BCUT2D eigenvalue weighted by molar-refractivity contribution is 0.0730. The molecule has 0 unspecified atom stereocenters. The number of amides is 1. The van der Waals surface area contributed by atoms with Crippen LogP contribution >= 0.6 is 11.8 Å². The Morgan fingerprint density at radius 1 is 1.08 bits per heavy atom. The van der Waals surface area contributed by atoms with Crippen LogP contribution in [0, 0.1) is 0 Å². The third-order valence-corrected chi connectivity index (χ3v) is 8.75. The standard InChI is InChI=1S/C24H33N7O4S2/c1-3-9-25-21-20-17-27-31(22(20)29-24(28-21)36-16-4-2)11-10-26-23(32)18-5-7-19(8-6-18)37(33,34)30-12-14-35-15-13-30/h5-8,17H,3-4,9-16H2,1-2H3,(H,26,32)(H,25,28,29). The van der Waals surface area contributed by atoms with Crippen LogP contribution in [-0.4, -0.2) is 83.5 Å². The van der Waals surface area contributed by atoms with Crippen molar-refractivity contribution in [3.8, 4) is 0 Å². The van der Waals surface area contributed by atoms with Crippen LogP contribution in [0.1, 0.15) is 37.0 Å². The molecule has 3 aromatic rings. The fraction of sp³-hybridized carbons (Fsp3) is 0.500. The second-order valence-electron chi connectivity index (χ2n) is 8.53. The Labute approximate surface area is 221 Å². The summed E-state index contributed by atoms with van der Waals surface area (Å²) >= 11 is 1.61. The van der Waals surface area contributed by atoms with Crippen LogP contribution in [-0.2, 0) is 21.3 Å². The number of sulfonamides is 1. The number of hydrogen-bond acceptors (Lipinski definition) is 9. The van der Waals surface area contributed by atoms with E-state index in [9.17, 15) is 13.2 Å². The zero-order valence-electron chi connectivity index (χ0n) is 21.1. The van der Waals surface area contributed by atoms with Gasteiger partial charge in [-0.25, -0.2) is 23.1 Å². The van der Waals surface area contributed by atoms with Crippen LogP contribution in [0.15, 0.2) is 40.5 Å². The van der Waals surface area contributed by atoms with Crippen LogP contribution in [0.25, 0.3) is 11.0 Å². The van der Waals surface area contributed by atoms with Crippen molar-refractivity contribution < 1.29 is 17.9 Å². The van der Waals surface area contributed by atoms with Crippen molar-refractivity contribution in [3.05, 3.63) is 36.0 Å². The van der Waals surface area contributed by atoms with Crippen LogP contribution in [0.2, 0.25) is 0 Å². The Morgan fingerprint density at radius 2 is 1.84 bits per heavy atom. The highest BCUT2D eigenvalue weighted by atomic mass is 32.2. The second kappa shape index (κ2) is 12.7. The first-order valence-corrected chi connectivity index (χ1v) is 14.9. The lowest BCUT2D eigenvalue weighted by Gasteiger charge is -2.26. The highest BCUT2D eigenvalue weighted by Crippen LogP contribution is 2.25. The molecule has 0 radical (unpaired) electrons.